The van der Waals surface area contributed by atoms with E-state index in [1.165, 1.54) is 12.5 Å². The van der Waals surface area contributed by atoms with Gasteiger partial charge >= 0.3 is 5.97 Å². The van der Waals surface area contributed by atoms with Crippen LogP contribution in [0.25, 0.3) is 10.9 Å². The minimum Gasteiger partial charge on any atom is -0.481 e. The molecule has 0 spiro atoms. The van der Waals surface area contributed by atoms with Crippen LogP contribution in [0.15, 0.2) is 43.0 Å². The van der Waals surface area contributed by atoms with Crippen molar-refractivity contribution in [3.05, 3.63) is 54.2 Å². The predicted molar refractivity (Wildman–Crippen MR) is 429 cm³/mol. The van der Waals surface area contributed by atoms with Crippen LogP contribution >= 0.6 is 0 Å². The predicted octanol–water partition coefficient (Wildman–Crippen LogP) is -3.09. The summed E-state index contributed by atoms with van der Waals surface area (Å²) >= 11 is 0. The highest BCUT2D eigenvalue weighted by Crippen LogP contribution is 2.21. The molecular weight excluding hydrogens is 1510 g/mol. The van der Waals surface area contributed by atoms with Gasteiger partial charge in [0.2, 0.25) is 88.6 Å². The number of amides is 15. The number of nitrogens with two attached hydrogens (primary N) is 5. The lowest BCUT2D eigenvalue weighted by Crippen LogP contribution is -2.62. The Morgan fingerprint density at radius 3 is 1.41 bits per heavy atom. The van der Waals surface area contributed by atoms with Crippen LogP contribution < -0.4 is 97.8 Å². The number of H-pyrrole nitrogens is 2. The highest BCUT2D eigenvalue weighted by atomic mass is 16.4. The van der Waals surface area contributed by atoms with E-state index in [0.29, 0.717) is 35.0 Å². The number of carboxylic acid groups (broad SMARTS) is 1. The van der Waals surface area contributed by atoms with Gasteiger partial charge in [-0.05, 0) is 118 Å². The number of hydrogen-bond acceptors (Lipinski definition) is 21. The number of carbonyl (C=O) groups excluding carboxylic acids is 15. The van der Waals surface area contributed by atoms with E-state index < -0.39 is 229 Å². The molecule has 0 aliphatic carbocycles. The van der Waals surface area contributed by atoms with Crippen molar-refractivity contribution in [2.45, 2.75) is 258 Å². The lowest BCUT2D eigenvalue weighted by Gasteiger charge is -2.30. The summed E-state index contributed by atoms with van der Waals surface area (Å²) in [5.41, 5.74) is 30.4. The fraction of sp³-hybridized carbons (Fsp3) is 0.649. The third-order valence-electron chi connectivity index (χ3n) is 19.6. The summed E-state index contributed by atoms with van der Waals surface area (Å²) in [5.74, 6) is -17.6. The number of nitrogens with zero attached hydrogens (tertiary/aromatic N) is 1. The molecule has 0 aliphatic rings. The number of aliphatic carboxylic acids is 1. The van der Waals surface area contributed by atoms with Gasteiger partial charge in [-0.15, -0.1) is 0 Å². The Morgan fingerprint density at radius 2 is 0.905 bits per heavy atom. The number of aliphatic hydroxyl groups is 1. The molecule has 15 unspecified atom stereocenters. The molecule has 0 radical (unpaired) electrons. The molecule has 39 nitrogen and oxygen atoms in total. The normalized spacial score (nSPS) is 15.3. The Kier molecular flexibility index (Phi) is 43.4. The topological polar surface area (TPSA) is 645 Å². The number of para-hydroxylation sites is 1. The highest BCUT2D eigenvalue weighted by molar-refractivity contribution is 6.01. The zero-order valence-electron chi connectivity index (χ0n) is 68.7. The molecule has 1 aromatic carbocycles. The van der Waals surface area contributed by atoms with Gasteiger partial charge in [0, 0.05) is 48.3 Å². The largest absolute Gasteiger partial charge is 0.481 e. The molecule has 0 saturated carbocycles. The molecule has 0 bridgehead atoms. The molecule has 15 atom stereocenters. The van der Waals surface area contributed by atoms with E-state index in [-0.39, 0.29) is 89.1 Å². The van der Waals surface area contributed by atoms with Crippen molar-refractivity contribution in [1.29, 1.82) is 0 Å². The molecule has 0 saturated heterocycles. The molecule has 27 N–H and O–H groups in total. The monoisotopic (exact) mass is 1630 g/mol. The number of fused-ring (bicyclic) bond motifs is 1. The van der Waals surface area contributed by atoms with E-state index in [4.69, 9.17) is 28.7 Å². The van der Waals surface area contributed by atoms with Crippen molar-refractivity contribution in [3.63, 3.8) is 0 Å². The number of benzene rings is 1. The van der Waals surface area contributed by atoms with Gasteiger partial charge in [0.1, 0.15) is 72.5 Å². The number of aromatic amines is 2. The molecule has 0 aliphatic heterocycles. The third-order valence-corrected chi connectivity index (χ3v) is 19.6. The van der Waals surface area contributed by atoms with Gasteiger partial charge in [0.25, 0.3) is 0 Å². The minimum atomic E-state index is -1.70. The Balaban J connectivity index is 1.91. The van der Waals surface area contributed by atoms with Crippen LogP contribution in [-0.2, 0) is 89.6 Å². The second kappa shape index (κ2) is 50.6. The maximum Gasteiger partial charge on any atom is 0.305 e. The molecule has 2 heterocycles. The number of primary amides is 2. The summed E-state index contributed by atoms with van der Waals surface area (Å²) in [5, 5.41) is 54.4. The quantitative estimate of drug-likeness (QED) is 0.0249. The Bertz CT molecular complexity index is 3760. The highest BCUT2D eigenvalue weighted by Gasteiger charge is 2.40. The number of carbonyl (C=O) groups is 16. The number of nitrogens with one attached hydrogen (secondary N) is 15. The second-order valence-electron chi connectivity index (χ2n) is 30.9. The van der Waals surface area contributed by atoms with Crippen molar-refractivity contribution in [1.82, 2.24) is 84.1 Å². The van der Waals surface area contributed by atoms with Crippen molar-refractivity contribution in [3.8, 4) is 0 Å². The second-order valence-corrected chi connectivity index (χ2v) is 30.9. The van der Waals surface area contributed by atoms with Gasteiger partial charge in [-0.1, -0.05) is 114 Å². The minimum absolute atomic E-state index is 0.0239. The average molecular weight is 1630 g/mol. The molecule has 39 heteroatoms. The van der Waals surface area contributed by atoms with Gasteiger partial charge in [0.05, 0.1) is 31.9 Å². The molecular formula is C77H127N21O18. The summed E-state index contributed by atoms with van der Waals surface area (Å²) < 4.78 is 0. The molecule has 2 aromatic heterocycles. The Morgan fingerprint density at radius 1 is 0.466 bits per heavy atom. The summed E-state index contributed by atoms with van der Waals surface area (Å²) in [4.78, 5) is 231. The SMILES string of the molecule is CCC(C)C(NC(=O)C(CCCCN)NC(=O)C(CCCCN)NC(=O)C(Cc1c[nH]c2ccccc12)NC(=O)C(CC(=O)O)NC(=O)C(N)C(C)C)C(=O)NCC(=O)NC(CCC(N)=O)C(=O)NC(Cc1cnc[nH]1)C(=O)NC(C(=O)NC(CC(C)C)C(=O)NC(CO)C(=O)NC(C(=O)NC(CC(C)C)C(N)=O)C(C)C)C(C)CC. The average Bonchev–Trinajstić information content (AvgIpc) is 1.67. The van der Waals surface area contributed by atoms with Crippen molar-refractivity contribution in [2.24, 2.45) is 64.2 Å². The van der Waals surface area contributed by atoms with Gasteiger partial charge in [-0.3, -0.25) is 76.7 Å². The first-order chi connectivity index (χ1) is 54.7. The molecule has 0 fully saturated rings. The van der Waals surface area contributed by atoms with Crippen LogP contribution in [0.2, 0.25) is 0 Å². The molecule has 15 amide bonds. The lowest BCUT2D eigenvalue weighted by atomic mass is 9.96. The number of carboxylic acids is 1. The van der Waals surface area contributed by atoms with E-state index in [1.807, 2.05) is 13.8 Å². The van der Waals surface area contributed by atoms with E-state index >= 15 is 0 Å². The van der Waals surface area contributed by atoms with Crippen LogP contribution in [-0.4, -0.2) is 225 Å². The van der Waals surface area contributed by atoms with Crippen LogP contribution in [0.5, 0.6) is 0 Å². The fourth-order valence-corrected chi connectivity index (χ4v) is 12.3. The van der Waals surface area contributed by atoms with E-state index in [1.54, 1.807) is 99.7 Å². The van der Waals surface area contributed by atoms with Crippen molar-refractivity contribution < 1.29 is 86.9 Å². The van der Waals surface area contributed by atoms with Crippen LogP contribution in [0.4, 0.5) is 0 Å². The maximum atomic E-state index is 14.7. The molecule has 3 aromatic rings. The molecule has 648 valence electrons. The number of rotatable bonds is 55. The van der Waals surface area contributed by atoms with E-state index in [2.05, 4.69) is 84.1 Å². The summed E-state index contributed by atoms with van der Waals surface area (Å²) in [7, 11) is 0. The Labute approximate surface area is 676 Å². The summed E-state index contributed by atoms with van der Waals surface area (Å²) in [6.07, 6.45) is 3.91. The van der Waals surface area contributed by atoms with Gasteiger partial charge in [0.15, 0.2) is 0 Å². The van der Waals surface area contributed by atoms with Crippen LogP contribution in [0.3, 0.4) is 0 Å². The molecule has 3 rings (SSSR count). The number of aliphatic hydroxyl groups excluding tert-OH is 1. The number of unbranched alkanes of at least 4 members (excludes halogenated alkanes) is 2. The van der Waals surface area contributed by atoms with Crippen LogP contribution in [0, 0.1) is 35.5 Å². The number of hydrogen-bond donors (Lipinski definition) is 22. The standard InChI is InChI=1S/C77H127N21O18/c1-13-43(11)63(97-68(107)50(24-18-20-28-79)88-66(105)49(23-17-19-27-78)89-70(109)54(31-45-34-84-48-22-16-15-21-47(45)48)91-71(110)56(33-60(102)103)93-74(113)61(81)41(7)8)75(114)85-36-59(101)87-51(25-26-58(80)100)67(106)92-55(32-46-35-83-38-86-46)72(111)98-64(44(12)14-2)77(116)94-53(30-40(5)6)69(108)95-57(37-99)73(112)96-62(42(9)10)76(115)90-52(65(82)104)29-39(3)4/h15-16,21-22,34-35,38-44,49-57,61-64,84,99H,13-14,17-20,23-33,36-37,78-79,81H2,1-12H3,(H2,80,100)(H2,82,104)(H,83,86)(H,85,114)(H,87,101)(H,88,105)(H,89,109)(H,90,115)(H,91,110)(H,92,106)(H,93,113)(H,94,116)(H,95,108)(H,96,112)(H,97,107)(H,98,111)(H,102,103). The van der Waals surface area contributed by atoms with Crippen LogP contribution in [0.1, 0.15) is 178 Å². The first kappa shape index (κ1) is 99.5. The smallest absolute Gasteiger partial charge is 0.305 e. The van der Waals surface area contributed by atoms with Crippen molar-refractivity contribution >= 4 is 105 Å². The first-order valence-electron chi connectivity index (χ1n) is 39.7. The third kappa shape index (κ3) is 34.0. The van der Waals surface area contributed by atoms with E-state index in [0.717, 1.165) is 0 Å². The molecule has 116 heavy (non-hydrogen) atoms. The maximum absolute atomic E-state index is 14.7. The first-order valence-corrected chi connectivity index (χ1v) is 39.7. The fourth-order valence-electron chi connectivity index (χ4n) is 12.3. The zero-order chi connectivity index (χ0) is 87.2. The number of aromatic nitrogens is 3. The summed E-state index contributed by atoms with van der Waals surface area (Å²) in [6, 6.07) is -11.4. The lowest BCUT2D eigenvalue weighted by molar-refractivity contribution is -0.141. The van der Waals surface area contributed by atoms with Gasteiger partial charge in [-0.2, -0.15) is 0 Å². The van der Waals surface area contributed by atoms with E-state index in [9.17, 15) is 86.9 Å². The number of imidazole rings is 1. The van der Waals surface area contributed by atoms with Crippen molar-refractivity contribution in [2.75, 3.05) is 26.2 Å². The Hall–Kier alpha value is -10.7. The van der Waals surface area contributed by atoms with Gasteiger partial charge in [-0.25, -0.2) is 4.98 Å². The zero-order valence-corrected chi connectivity index (χ0v) is 68.7. The van der Waals surface area contributed by atoms with Gasteiger partial charge < -0.3 is 118 Å². The summed E-state index contributed by atoms with van der Waals surface area (Å²) in [6.45, 7) is 19.0.